The highest BCUT2D eigenvalue weighted by atomic mass is 32.2. The Morgan fingerprint density at radius 2 is 1.78 bits per heavy atom. The van der Waals surface area contributed by atoms with Gasteiger partial charge in [-0.1, -0.05) is 57.4 Å². The first kappa shape index (κ1) is 43.6. The van der Waals surface area contributed by atoms with Gasteiger partial charge >= 0.3 is 0 Å². The van der Waals surface area contributed by atoms with E-state index in [-0.39, 0.29) is 34.6 Å². The van der Waals surface area contributed by atoms with Crippen LogP contribution in [-0.4, -0.2) is 79.7 Å². The van der Waals surface area contributed by atoms with E-state index in [1.54, 1.807) is 18.5 Å². The number of piperidine rings is 1. The topological polar surface area (TPSA) is 164 Å². The van der Waals surface area contributed by atoms with Crippen molar-refractivity contribution >= 4 is 44.0 Å². The fourth-order valence-corrected chi connectivity index (χ4v) is 12.3. The largest absolute Gasteiger partial charge is 0.489 e. The van der Waals surface area contributed by atoms with E-state index in [0.29, 0.717) is 52.9 Å². The molecule has 10 rings (SSSR count). The molecule has 344 valence electrons. The van der Waals surface area contributed by atoms with Crippen LogP contribution in [0.25, 0.3) is 11.0 Å². The number of ether oxygens (including phenoxy) is 3. The second-order valence-corrected chi connectivity index (χ2v) is 21.6. The van der Waals surface area contributed by atoms with Gasteiger partial charge in [-0.3, -0.25) is 9.69 Å². The number of hydrogen-bond acceptors (Lipinski definition) is 11. The van der Waals surface area contributed by atoms with Gasteiger partial charge in [-0.15, -0.1) is 0 Å². The molecule has 2 aromatic heterocycles. The number of benzene rings is 3. The van der Waals surface area contributed by atoms with Crippen molar-refractivity contribution in [3.05, 3.63) is 95.8 Å². The van der Waals surface area contributed by atoms with Crippen LogP contribution < -0.4 is 30.1 Å². The van der Waals surface area contributed by atoms with Gasteiger partial charge in [0.25, 0.3) is 15.9 Å². The van der Waals surface area contributed by atoms with Crippen LogP contribution in [0.4, 0.5) is 17.1 Å². The number of nitrogen functional groups attached to an aromatic ring is 1. The number of fused-ring (bicyclic) bond motifs is 2. The third kappa shape index (κ3) is 8.89. The number of amides is 1. The molecular weight excluding hydrogens is 839 g/mol. The molecule has 3 aromatic carbocycles. The van der Waals surface area contributed by atoms with Gasteiger partial charge in [-0.2, -0.15) is 0 Å². The van der Waals surface area contributed by atoms with Crippen molar-refractivity contribution < 1.29 is 27.4 Å². The van der Waals surface area contributed by atoms with E-state index in [2.05, 4.69) is 67.9 Å². The fraction of sp³-hybridized carbons (Fsp3) is 0.490. The Hall–Kier alpha value is -5.31. The second-order valence-electron chi connectivity index (χ2n) is 20.0. The highest BCUT2D eigenvalue weighted by Gasteiger charge is 2.50. The summed E-state index contributed by atoms with van der Waals surface area (Å²) in [5.74, 6) is 0.616. The van der Waals surface area contributed by atoms with Gasteiger partial charge in [0.2, 0.25) is 0 Å². The SMILES string of the molecule is CC(C)c1ccccc1[C@@H]1CCCN1C1CC2(CCN(c3ccc(C(=O)NS(=O)(=O)c4cc(N)c5c(c4)OCC(C)(COC4CCCCC4)N5)c(Oc4cnc5[nH]ccc5c4)c3)CC2)C1. The van der Waals surface area contributed by atoms with Crippen molar-refractivity contribution in [2.24, 2.45) is 5.41 Å². The summed E-state index contributed by atoms with van der Waals surface area (Å²) in [7, 11) is -4.40. The monoisotopic (exact) mass is 901 g/mol. The van der Waals surface area contributed by atoms with Crippen molar-refractivity contribution in [3.8, 4) is 17.2 Å². The van der Waals surface area contributed by atoms with E-state index in [0.717, 1.165) is 49.8 Å². The van der Waals surface area contributed by atoms with Crippen LogP contribution in [0.2, 0.25) is 0 Å². The van der Waals surface area contributed by atoms with Crippen LogP contribution in [0.1, 0.15) is 125 Å². The van der Waals surface area contributed by atoms with Crippen molar-refractivity contribution in [1.82, 2.24) is 19.6 Å². The maximum atomic E-state index is 14.1. The van der Waals surface area contributed by atoms with Gasteiger partial charge in [-0.25, -0.2) is 18.1 Å². The number of hydrogen-bond donors (Lipinski definition) is 4. The number of rotatable bonds is 12. The first-order chi connectivity index (χ1) is 31.3. The van der Waals surface area contributed by atoms with Crippen molar-refractivity contribution in [1.29, 1.82) is 0 Å². The third-order valence-corrected chi connectivity index (χ3v) is 16.2. The van der Waals surface area contributed by atoms with Gasteiger partial charge < -0.3 is 35.1 Å². The minimum Gasteiger partial charge on any atom is -0.489 e. The number of carbonyl (C=O) groups excluding carboxylic acids is 1. The zero-order chi connectivity index (χ0) is 44.9. The molecule has 13 nitrogen and oxygen atoms in total. The summed E-state index contributed by atoms with van der Waals surface area (Å²) < 4.78 is 49.0. The van der Waals surface area contributed by atoms with Gasteiger partial charge in [-0.05, 0) is 118 Å². The van der Waals surface area contributed by atoms with E-state index in [1.807, 2.05) is 31.2 Å². The number of aromatic amines is 1. The number of nitrogens with two attached hydrogens (primary N) is 1. The molecule has 4 fully saturated rings. The molecule has 5 heterocycles. The number of nitrogens with one attached hydrogen (secondary N) is 3. The molecule has 65 heavy (non-hydrogen) atoms. The summed E-state index contributed by atoms with van der Waals surface area (Å²) in [5.41, 5.74) is 11.6. The van der Waals surface area contributed by atoms with Crippen LogP contribution in [-0.2, 0) is 14.8 Å². The Labute approximate surface area is 382 Å². The number of pyridine rings is 1. The highest BCUT2D eigenvalue weighted by Crippen LogP contribution is 2.54. The molecule has 5 aromatic rings. The van der Waals surface area contributed by atoms with E-state index in [9.17, 15) is 13.2 Å². The lowest BCUT2D eigenvalue weighted by Gasteiger charge is -2.56. The fourth-order valence-electron chi connectivity index (χ4n) is 11.2. The van der Waals surface area contributed by atoms with Crippen LogP contribution in [0.3, 0.4) is 0 Å². The van der Waals surface area contributed by atoms with Gasteiger partial charge in [0.15, 0.2) is 0 Å². The van der Waals surface area contributed by atoms with Crippen LogP contribution in [0, 0.1) is 5.41 Å². The maximum absolute atomic E-state index is 14.1. The Balaban J connectivity index is 0.833. The summed E-state index contributed by atoms with van der Waals surface area (Å²) in [6.45, 7) is 10.2. The van der Waals surface area contributed by atoms with E-state index < -0.39 is 21.5 Å². The number of sulfonamides is 1. The van der Waals surface area contributed by atoms with Gasteiger partial charge in [0.1, 0.15) is 35.2 Å². The first-order valence-electron chi connectivity index (χ1n) is 23.7. The lowest BCUT2D eigenvalue weighted by molar-refractivity contribution is -0.0227. The predicted molar refractivity (Wildman–Crippen MR) is 255 cm³/mol. The van der Waals surface area contributed by atoms with E-state index in [1.165, 1.54) is 74.8 Å². The minimum atomic E-state index is -4.40. The highest BCUT2D eigenvalue weighted by molar-refractivity contribution is 7.90. The lowest BCUT2D eigenvalue weighted by Crippen LogP contribution is -2.54. The van der Waals surface area contributed by atoms with Crippen molar-refractivity contribution in [2.75, 3.05) is 48.8 Å². The zero-order valence-electron chi connectivity index (χ0n) is 37.9. The molecule has 1 unspecified atom stereocenters. The normalized spacial score (nSPS) is 22.6. The van der Waals surface area contributed by atoms with Crippen LogP contribution >= 0.6 is 0 Å². The average molecular weight is 902 g/mol. The summed E-state index contributed by atoms with van der Waals surface area (Å²) in [6.07, 6.45) is 16.4. The number of likely N-dealkylation sites (tertiary alicyclic amines) is 1. The van der Waals surface area contributed by atoms with Gasteiger partial charge in [0.05, 0.1) is 40.6 Å². The third-order valence-electron chi connectivity index (χ3n) is 14.9. The Bertz CT molecular complexity index is 2660. The summed E-state index contributed by atoms with van der Waals surface area (Å²) in [4.78, 5) is 26.7. The maximum Gasteiger partial charge on any atom is 0.268 e. The Kier molecular flexibility index (Phi) is 11.7. The predicted octanol–water partition coefficient (Wildman–Crippen LogP) is 9.68. The van der Waals surface area contributed by atoms with E-state index in [4.69, 9.17) is 19.9 Å². The molecule has 2 saturated heterocycles. The number of aromatic nitrogens is 2. The van der Waals surface area contributed by atoms with E-state index >= 15 is 0 Å². The molecule has 5 aliphatic rings. The molecule has 5 N–H and O–H groups in total. The average Bonchev–Trinajstić information content (AvgIpc) is 3.98. The Morgan fingerprint density at radius 1 is 0.985 bits per heavy atom. The molecule has 0 radical (unpaired) electrons. The van der Waals surface area contributed by atoms with Crippen molar-refractivity contribution in [3.63, 3.8) is 0 Å². The first-order valence-corrected chi connectivity index (χ1v) is 25.2. The Morgan fingerprint density at radius 3 is 2.58 bits per heavy atom. The minimum absolute atomic E-state index is 0.0681. The number of H-pyrrole nitrogens is 1. The molecular formula is C51H63N7O6S. The zero-order valence-corrected chi connectivity index (χ0v) is 38.7. The molecule has 1 amide bonds. The molecule has 2 saturated carbocycles. The molecule has 0 bridgehead atoms. The van der Waals surface area contributed by atoms with Crippen LogP contribution in [0.15, 0.2) is 84.0 Å². The van der Waals surface area contributed by atoms with Crippen molar-refractivity contribution in [2.45, 2.75) is 126 Å². The van der Waals surface area contributed by atoms with Gasteiger partial charge in [0, 0.05) is 54.6 Å². The molecule has 3 aliphatic heterocycles. The molecule has 14 heteroatoms. The quantitative estimate of drug-likeness (QED) is 0.0882. The molecule has 1 spiro atoms. The van der Waals surface area contributed by atoms with Crippen LogP contribution in [0.5, 0.6) is 17.2 Å². The smallest absolute Gasteiger partial charge is 0.268 e. The number of anilines is 3. The summed E-state index contributed by atoms with van der Waals surface area (Å²) >= 11 is 0. The summed E-state index contributed by atoms with van der Waals surface area (Å²) in [5, 5.41) is 4.29. The number of carbonyl (C=O) groups is 1. The lowest BCUT2D eigenvalue weighted by atomic mass is 9.59. The molecule has 2 atom stereocenters. The number of nitrogens with zero attached hydrogens (tertiary/aromatic N) is 3. The molecule has 2 aliphatic carbocycles. The second kappa shape index (κ2) is 17.5. The summed E-state index contributed by atoms with van der Waals surface area (Å²) in [6, 6.07) is 22.0. The standard InChI is InChI=1S/C51H63N7O6S/c1-33(2)40-12-7-8-13-41(40)44-14-9-21-58(44)36-28-51(29-36)18-22-57(23-19-51)35-15-16-42(45(25-35)64-38-24-34-17-20-53-48(34)54-30-38)49(59)56-65(60,61)39-26-43(52)47-46(27-39)63-32-50(3,55-47)31-62-37-10-5-4-6-11-37/h7-8,12-13,15-17,20,24-27,30,33,36-37,44,55H,4-6,9-11,14,18-19,21-23,28-29,31-32,52H2,1-3H3,(H,53,54)(H,56,59)/t44-,50?/m0/s1.